The summed E-state index contributed by atoms with van der Waals surface area (Å²) in [6.07, 6.45) is 3.92. The van der Waals surface area contributed by atoms with Crippen molar-refractivity contribution in [1.82, 2.24) is 9.88 Å². The van der Waals surface area contributed by atoms with Crippen LogP contribution in [0.2, 0.25) is 0 Å². The fourth-order valence-electron chi connectivity index (χ4n) is 2.24. The molecule has 0 aromatic carbocycles. The van der Waals surface area contributed by atoms with Gasteiger partial charge in [0, 0.05) is 18.7 Å². The molecule has 1 aromatic rings. The zero-order valence-corrected chi connectivity index (χ0v) is 9.89. The summed E-state index contributed by atoms with van der Waals surface area (Å²) < 4.78 is 0. The van der Waals surface area contributed by atoms with Gasteiger partial charge >= 0.3 is 0 Å². The Balaban J connectivity index is 2.19. The van der Waals surface area contributed by atoms with Gasteiger partial charge in [-0.1, -0.05) is 19.9 Å². The molecule has 1 unspecified atom stereocenters. The SMILES string of the molecule is CC(C)C(=O)N1CCCC1c1ccccn1. The molecule has 86 valence electrons. The first-order valence-electron chi connectivity index (χ1n) is 5.91. The van der Waals surface area contributed by atoms with E-state index in [4.69, 9.17) is 0 Å². The quantitative estimate of drug-likeness (QED) is 0.763. The van der Waals surface area contributed by atoms with E-state index in [0.717, 1.165) is 25.1 Å². The first kappa shape index (κ1) is 11.1. The molecule has 3 heteroatoms. The summed E-state index contributed by atoms with van der Waals surface area (Å²) in [5, 5.41) is 0. The van der Waals surface area contributed by atoms with Gasteiger partial charge in [0.05, 0.1) is 11.7 Å². The third-order valence-corrected chi connectivity index (χ3v) is 3.06. The van der Waals surface area contributed by atoms with Crippen LogP contribution >= 0.6 is 0 Å². The molecule has 2 heterocycles. The van der Waals surface area contributed by atoms with Gasteiger partial charge in [-0.25, -0.2) is 0 Å². The molecule has 16 heavy (non-hydrogen) atoms. The van der Waals surface area contributed by atoms with Gasteiger partial charge in [-0.05, 0) is 25.0 Å². The van der Waals surface area contributed by atoms with Gasteiger partial charge in [0.1, 0.15) is 0 Å². The van der Waals surface area contributed by atoms with Crippen molar-refractivity contribution in [3.05, 3.63) is 30.1 Å². The average Bonchev–Trinajstić information content (AvgIpc) is 2.77. The summed E-state index contributed by atoms with van der Waals surface area (Å²) in [7, 11) is 0. The highest BCUT2D eigenvalue weighted by Crippen LogP contribution is 2.31. The Morgan fingerprint density at radius 2 is 2.31 bits per heavy atom. The molecule has 1 aliphatic heterocycles. The van der Waals surface area contributed by atoms with Crippen molar-refractivity contribution in [2.24, 2.45) is 5.92 Å². The predicted octanol–water partition coefficient (Wildman–Crippen LogP) is 2.40. The monoisotopic (exact) mass is 218 g/mol. The van der Waals surface area contributed by atoms with E-state index >= 15 is 0 Å². The zero-order valence-electron chi connectivity index (χ0n) is 9.89. The Bertz CT molecular complexity index is 361. The van der Waals surface area contributed by atoms with Crippen LogP contribution in [0.4, 0.5) is 0 Å². The molecule has 0 N–H and O–H groups in total. The number of rotatable bonds is 2. The van der Waals surface area contributed by atoms with Crippen LogP contribution in [-0.4, -0.2) is 22.3 Å². The van der Waals surface area contributed by atoms with E-state index in [0.29, 0.717) is 0 Å². The molecule has 1 atom stereocenters. The Morgan fingerprint density at radius 3 is 2.94 bits per heavy atom. The van der Waals surface area contributed by atoms with Crippen LogP contribution in [0, 0.1) is 5.92 Å². The number of hydrogen-bond acceptors (Lipinski definition) is 2. The lowest BCUT2D eigenvalue weighted by Gasteiger charge is -2.25. The van der Waals surface area contributed by atoms with Crippen molar-refractivity contribution in [3.63, 3.8) is 0 Å². The molecule has 1 aliphatic rings. The molecule has 0 aliphatic carbocycles. The molecule has 1 saturated heterocycles. The number of carbonyl (C=O) groups is 1. The van der Waals surface area contributed by atoms with Gasteiger partial charge in [0.25, 0.3) is 0 Å². The summed E-state index contributed by atoms with van der Waals surface area (Å²) in [6.45, 7) is 4.78. The highest BCUT2D eigenvalue weighted by molar-refractivity contribution is 5.78. The molecule has 1 fully saturated rings. The molecule has 3 nitrogen and oxygen atoms in total. The van der Waals surface area contributed by atoms with E-state index in [-0.39, 0.29) is 17.9 Å². The molecular formula is C13H18N2O. The number of amides is 1. The maximum Gasteiger partial charge on any atom is 0.225 e. The molecule has 0 bridgehead atoms. The van der Waals surface area contributed by atoms with Gasteiger partial charge in [0.2, 0.25) is 5.91 Å². The third kappa shape index (κ3) is 2.08. The number of hydrogen-bond donors (Lipinski definition) is 0. The molecule has 1 amide bonds. The smallest absolute Gasteiger partial charge is 0.225 e. The van der Waals surface area contributed by atoms with Crippen molar-refractivity contribution >= 4 is 5.91 Å². The number of carbonyl (C=O) groups excluding carboxylic acids is 1. The Morgan fingerprint density at radius 1 is 1.50 bits per heavy atom. The average molecular weight is 218 g/mol. The highest BCUT2D eigenvalue weighted by Gasteiger charge is 2.31. The van der Waals surface area contributed by atoms with Crippen molar-refractivity contribution in [2.45, 2.75) is 32.7 Å². The second-order valence-corrected chi connectivity index (χ2v) is 4.60. The molecule has 2 rings (SSSR count). The van der Waals surface area contributed by atoms with Crippen molar-refractivity contribution in [1.29, 1.82) is 0 Å². The first-order chi connectivity index (χ1) is 7.70. The molecular weight excluding hydrogens is 200 g/mol. The number of pyridine rings is 1. The van der Waals surface area contributed by atoms with Crippen molar-refractivity contribution < 1.29 is 4.79 Å². The zero-order chi connectivity index (χ0) is 11.5. The van der Waals surface area contributed by atoms with Crippen LogP contribution < -0.4 is 0 Å². The predicted molar refractivity (Wildman–Crippen MR) is 62.8 cm³/mol. The largest absolute Gasteiger partial charge is 0.334 e. The topological polar surface area (TPSA) is 33.2 Å². The van der Waals surface area contributed by atoms with Gasteiger partial charge in [-0.2, -0.15) is 0 Å². The summed E-state index contributed by atoms with van der Waals surface area (Å²) in [5.41, 5.74) is 1.02. The maximum atomic E-state index is 12.0. The van der Waals surface area contributed by atoms with E-state index in [2.05, 4.69) is 4.98 Å². The molecule has 0 radical (unpaired) electrons. The van der Waals surface area contributed by atoms with Gasteiger partial charge < -0.3 is 4.90 Å². The van der Waals surface area contributed by atoms with E-state index in [1.165, 1.54) is 0 Å². The van der Waals surface area contributed by atoms with Crippen molar-refractivity contribution in [2.75, 3.05) is 6.54 Å². The van der Waals surface area contributed by atoms with Crippen molar-refractivity contribution in [3.8, 4) is 0 Å². The van der Waals surface area contributed by atoms with E-state index in [1.807, 2.05) is 36.9 Å². The van der Waals surface area contributed by atoms with Gasteiger partial charge in [-0.15, -0.1) is 0 Å². The Labute approximate surface area is 96.5 Å². The van der Waals surface area contributed by atoms with Crippen LogP contribution in [0.1, 0.15) is 38.4 Å². The van der Waals surface area contributed by atoms with E-state index in [9.17, 15) is 4.79 Å². The maximum absolute atomic E-state index is 12.0. The lowest BCUT2D eigenvalue weighted by Crippen LogP contribution is -2.34. The lowest BCUT2D eigenvalue weighted by molar-refractivity contribution is -0.135. The Hall–Kier alpha value is -1.38. The normalized spacial score (nSPS) is 20.4. The summed E-state index contributed by atoms with van der Waals surface area (Å²) in [6, 6.07) is 6.10. The minimum Gasteiger partial charge on any atom is -0.334 e. The van der Waals surface area contributed by atoms with Crippen LogP contribution in [0.5, 0.6) is 0 Å². The van der Waals surface area contributed by atoms with Crippen LogP contribution in [-0.2, 0) is 4.79 Å². The van der Waals surface area contributed by atoms with Crippen LogP contribution in [0.25, 0.3) is 0 Å². The van der Waals surface area contributed by atoms with E-state index < -0.39 is 0 Å². The highest BCUT2D eigenvalue weighted by atomic mass is 16.2. The van der Waals surface area contributed by atoms with Gasteiger partial charge in [-0.3, -0.25) is 9.78 Å². The molecule has 0 saturated carbocycles. The summed E-state index contributed by atoms with van der Waals surface area (Å²) >= 11 is 0. The fourth-order valence-corrected chi connectivity index (χ4v) is 2.24. The molecule has 1 aromatic heterocycles. The van der Waals surface area contributed by atoms with E-state index in [1.54, 1.807) is 6.20 Å². The minimum atomic E-state index is 0.0734. The third-order valence-electron chi connectivity index (χ3n) is 3.06. The lowest BCUT2D eigenvalue weighted by atomic mass is 10.1. The number of aromatic nitrogens is 1. The second kappa shape index (κ2) is 4.64. The summed E-state index contributed by atoms with van der Waals surface area (Å²) in [4.78, 5) is 18.4. The van der Waals surface area contributed by atoms with Crippen LogP contribution in [0.3, 0.4) is 0 Å². The Kier molecular flexibility index (Phi) is 3.22. The summed E-state index contributed by atoms with van der Waals surface area (Å²) in [5.74, 6) is 0.317. The minimum absolute atomic E-state index is 0.0734. The number of likely N-dealkylation sites (tertiary alicyclic amines) is 1. The van der Waals surface area contributed by atoms with Crippen LogP contribution in [0.15, 0.2) is 24.4 Å². The number of nitrogens with zero attached hydrogens (tertiary/aromatic N) is 2. The first-order valence-corrected chi connectivity index (χ1v) is 5.91. The standard InChI is InChI=1S/C13H18N2O/c1-10(2)13(16)15-9-5-7-12(15)11-6-3-4-8-14-11/h3-4,6,8,10,12H,5,7,9H2,1-2H3. The van der Waals surface area contributed by atoms with Gasteiger partial charge in [0.15, 0.2) is 0 Å². The fraction of sp³-hybridized carbons (Fsp3) is 0.538. The second-order valence-electron chi connectivity index (χ2n) is 4.60. The molecule has 0 spiro atoms.